The van der Waals surface area contributed by atoms with E-state index in [0.29, 0.717) is 11.3 Å². The van der Waals surface area contributed by atoms with Crippen molar-refractivity contribution in [2.24, 2.45) is 4.99 Å². The molecule has 0 heterocycles. The lowest BCUT2D eigenvalue weighted by atomic mass is 10.2. The first-order valence-electron chi connectivity index (χ1n) is 5.68. The molecule has 0 spiro atoms. The summed E-state index contributed by atoms with van der Waals surface area (Å²) in [5.74, 6) is 0. The Morgan fingerprint density at radius 2 is 2.00 bits per heavy atom. The van der Waals surface area contributed by atoms with Gasteiger partial charge in [-0.2, -0.15) is 0 Å². The van der Waals surface area contributed by atoms with Crippen molar-refractivity contribution in [3.8, 4) is 0 Å². The molecule has 0 bridgehead atoms. The molecular formula is C14H12N2O3. The standard InChI is InChI=1S/C14H12N2O3/c17-10-11-4-3-6-13(8-11)15-9-12-5-1-2-7-14(12)16(18)19/h1-9,17H,10H2. The van der Waals surface area contributed by atoms with Gasteiger partial charge < -0.3 is 5.11 Å². The van der Waals surface area contributed by atoms with Crippen molar-refractivity contribution in [3.05, 3.63) is 69.8 Å². The molecule has 0 aromatic heterocycles. The van der Waals surface area contributed by atoms with Gasteiger partial charge in [0.1, 0.15) is 0 Å². The first kappa shape index (κ1) is 12.9. The molecule has 0 aliphatic carbocycles. The van der Waals surface area contributed by atoms with Gasteiger partial charge >= 0.3 is 0 Å². The van der Waals surface area contributed by atoms with E-state index < -0.39 is 4.92 Å². The van der Waals surface area contributed by atoms with E-state index >= 15 is 0 Å². The normalized spacial score (nSPS) is 10.8. The molecule has 0 fully saturated rings. The van der Waals surface area contributed by atoms with E-state index in [9.17, 15) is 10.1 Å². The summed E-state index contributed by atoms with van der Waals surface area (Å²) in [6, 6.07) is 13.5. The Morgan fingerprint density at radius 1 is 1.21 bits per heavy atom. The van der Waals surface area contributed by atoms with Gasteiger partial charge in [0, 0.05) is 12.3 Å². The lowest BCUT2D eigenvalue weighted by molar-refractivity contribution is -0.385. The van der Waals surface area contributed by atoms with Crippen molar-refractivity contribution in [3.63, 3.8) is 0 Å². The topological polar surface area (TPSA) is 75.7 Å². The Hall–Kier alpha value is -2.53. The van der Waals surface area contributed by atoms with Gasteiger partial charge in [-0.1, -0.05) is 24.3 Å². The maximum absolute atomic E-state index is 10.8. The number of aliphatic hydroxyl groups excluding tert-OH is 1. The third-order valence-electron chi connectivity index (χ3n) is 2.58. The van der Waals surface area contributed by atoms with Gasteiger partial charge in [0.25, 0.3) is 5.69 Å². The fourth-order valence-electron chi connectivity index (χ4n) is 1.64. The Morgan fingerprint density at radius 3 is 2.74 bits per heavy atom. The van der Waals surface area contributed by atoms with Gasteiger partial charge in [-0.25, -0.2) is 0 Å². The predicted octanol–water partition coefficient (Wildman–Crippen LogP) is 2.84. The summed E-state index contributed by atoms with van der Waals surface area (Å²) in [5, 5.41) is 19.9. The van der Waals surface area contributed by atoms with Crippen LogP contribution in [-0.4, -0.2) is 16.2 Å². The van der Waals surface area contributed by atoms with E-state index in [1.54, 1.807) is 42.5 Å². The van der Waals surface area contributed by atoms with Gasteiger partial charge in [0.15, 0.2) is 0 Å². The average Bonchev–Trinajstić information content (AvgIpc) is 2.45. The first-order valence-corrected chi connectivity index (χ1v) is 5.68. The van der Waals surface area contributed by atoms with Crippen molar-refractivity contribution in [2.75, 3.05) is 0 Å². The second-order valence-corrected chi connectivity index (χ2v) is 3.90. The van der Waals surface area contributed by atoms with Crippen LogP contribution in [0.1, 0.15) is 11.1 Å². The SMILES string of the molecule is O=[N+]([O-])c1ccccc1C=Nc1cccc(CO)c1. The zero-order valence-electron chi connectivity index (χ0n) is 10.1. The van der Waals surface area contributed by atoms with Crippen molar-refractivity contribution >= 4 is 17.6 Å². The highest BCUT2D eigenvalue weighted by Gasteiger charge is 2.09. The predicted molar refractivity (Wildman–Crippen MR) is 72.7 cm³/mol. The third-order valence-corrected chi connectivity index (χ3v) is 2.58. The molecule has 0 saturated carbocycles. The summed E-state index contributed by atoms with van der Waals surface area (Å²) in [7, 11) is 0. The molecule has 96 valence electrons. The van der Waals surface area contributed by atoms with Crippen LogP contribution in [0.25, 0.3) is 0 Å². The van der Waals surface area contributed by atoms with E-state index in [4.69, 9.17) is 5.11 Å². The summed E-state index contributed by atoms with van der Waals surface area (Å²) < 4.78 is 0. The number of nitrogens with zero attached hydrogens (tertiary/aromatic N) is 2. The number of benzene rings is 2. The highest BCUT2D eigenvalue weighted by molar-refractivity contribution is 5.86. The van der Waals surface area contributed by atoms with Crippen LogP contribution in [0.2, 0.25) is 0 Å². The van der Waals surface area contributed by atoms with E-state index in [0.717, 1.165) is 5.56 Å². The molecule has 0 amide bonds. The van der Waals surface area contributed by atoms with Crippen LogP contribution < -0.4 is 0 Å². The lowest BCUT2D eigenvalue weighted by Crippen LogP contribution is -1.93. The van der Waals surface area contributed by atoms with E-state index in [-0.39, 0.29) is 12.3 Å². The van der Waals surface area contributed by atoms with Crippen LogP contribution in [-0.2, 0) is 6.61 Å². The zero-order chi connectivity index (χ0) is 13.7. The Labute approximate surface area is 110 Å². The van der Waals surface area contributed by atoms with E-state index in [2.05, 4.69) is 4.99 Å². The number of hydrogen-bond donors (Lipinski definition) is 1. The van der Waals surface area contributed by atoms with Crippen LogP contribution in [0.15, 0.2) is 53.5 Å². The molecule has 5 heteroatoms. The fraction of sp³-hybridized carbons (Fsp3) is 0.0714. The van der Waals surface area contributed by atoms with Crippen molar-refractivity contribution < 1.29 is 10.0 Å². The second kappa shape index (κ2) is 5.88. The van der Waals surface area contributed by atoms with Crippen molar-refractivity contribution in [2.45, 2.75) is 6.61 Å². The quantitative estimate of drug-likeness (QED) is 0.519. The number of nitro groups is 1. The van der Waals surface area contributed by atoms with Crippen molar-refractivity contribution in [1.82, 2.24) is 0 Å². The maximum atomic E-state index is 10.8. The van der Waals surface area contributed by atoms with Crippen LogP contribution in [0.3, 0.4) is 0 Å². The monoisotopic (exact) mass is 256 g/mol. The molecule has 19 heavy (non-hydrogen) atoms. The Kier molecular flexibility index (Phi) is 4.00. The summed E-state index contributed by atoms with van der Waals surface area (Å²) in [4.78, 5) is 14.6. The van der Waals surface area contributed by atoms with E-state index in [1.807, 2.05) is 0 Å². The van der Waals surface area contributed by atoms with Crippen LogP contribution in [0, 0.1) is 10.1 Å². The molecule has 2 rings (SSSR count). The number of nitro benzene ring substituents is 1. The van der Waals surface area contributed by atoms with Gasteiger partial charge in [0.2, 0.25) is 0 Å². The smallest absolute Gasteiger partial charge is 0.278 e. The minimum absolute atomic E-state index is 0.0181. The summed E-state index contributed by atoms with van der Waals surface area (Å²) in [5.41, 5.74) is 1.85. The van der Waals surface area contributed by atoms with Crippen LogP contribution >= 0.6 is 0 Å². The Balaban J connectivity index is 2.30. The number of hydrogen-bond acceptors (Lipinski definition) is 4. The fourth-order valence-corrected chi connectivity index (χ4v) is 1.64. The summed E-state index contributed by atoms with van der Waals surface area (Å²) >= 11 is 0. The number of para-hydroxylation sites is 1. The zero-order valence-corrected chi connectivity index (χ0v) is 10.1. The molecule has 0 aliphatic rings. The van der Waals surface area contributed by atoms with Gasteiger partial charge in [-0.05, 0) is 23.8 Å². The summed E-state index contributed by atoms with van der Waals surface area (Å²) in [6.07, 6.45) is 1.45. The van der Waals surface area contributed by atoms with Gasteiger partial charge in [-0.15, -0.1) is 0 Å². The molecule has 0 radical (unpaired) electrons. The molecule has 1 N–H and O–H groups in total. The number of aliphatic hydroxyl groups is 1. The molecule has 0 aliphatic heterocycles. The number of aliphatic imine (C=N–C) groups is 1. The molecule has 0 saturated heterocycles. The average molecular weight is 256 g/mol. The molecule has 2 aromatic carbocycles. The van der Waals surface area contributed by atoms with E-state index in [1.165, 1.54) is 12.3 Å². The lowest BCUT2D eigenvalue weighted by Gasteiger charge is -1.98. The van der Waals surface area contributed by atoms with Gasteiger partial charge in [0.05, 0.1) is 22.8 Å². The second-order valence-electron chi connectivity index (χ2n) is 3.90. The largest absolute Gasteiger partial charge is 0.392 e. The first-order chi connectivity index (χ1) is 9.20. The Bertz CT molecular complexity index is 624. The molecule has 0 atom stereocenters. The number of rotatable bonds is 4. The molecular weight excluding hydrogens is 244 g/mol. The molecule has 5 nitrogen and oxygen atoms in total. The minimum atomic E-state index is -0.439. The third kappa shape index (κ3) is 3.23. The van der Waals surface area contributed by atoms with Crippen molar-refractivity contribution in [1.29, 1.82) is 0 Å². The molecule has 2 aromatic rings. The highest BCUT2D eigenvalue weighted by Crippen LogP contribution is 2.18. The van der Waals surface area contributed by atoms with Crippen LogP contribution in [0.5, 0.6) is 0 Å². The maximum Gasteiger partial charge on any atom is 0.278 e. The van der Waals surface area contributed by atoms with Crippen LogP contribution in [0.4, 0.5) is 11.4 Å². The molecule has 0 unspecified atom stereocenters. The minimum Gasteiger partial charge on any atom is -0.392 e. The van der Waals surface area contributed by atoms with Gasteiger partial charge in [-0.3, -0.25) is 15.1 Å². The summed E-state index contributed by atoms with van der Waals surface area (Å²) in [6.45, 7) is -0.0607. The highest BCUT2D eigenvalue weighted by atomic mass is 16.6.